The molecule has 1 N–H and O–H groups in total. The van der Waals surface area contributed by atoms with Crippen molar-refractivity contribution in [2.45, 2.75) is 33.4 Å². The van der Waals surface area contributed by atoms with E-state index in [0.29, 0.717) is 23.4 Å². The first-order valence-corrected chi connectivity index (χ1v) is 8.58. The van der Waals surface area contributed by atoms with Crippen molar-refractivity contribution in [1.82, 2.24) is 14.9 Å². The minimum atomic E-state index is -0.957. The molecule has 0 bridgehead atoms. The van der Waals surface area contributed by atoms with Gasteiger partial charge in [-0.1, -0.05) is 0 Å². The SMILES string of the molecule is COCCNC(=O)[C@H](C)OC(=O)Cn1cnc2sc(C)c(C)c2c1=O. The molecule has 136 valence electrons. The molecule has 0 spiro atoms. The molecule has 0 radical (unpaired) electrons. The summed E-state index contributed by atoms with van der Waals surface area (Å²) in [5, 5.41) is 3.09. The molecule has 25 heavy (non-hydrogen) atoms. The summed E-state index contributed by atoms with van der Waals surface area (Å²) in [6.07, 6.45) is 0.367. The summed E-state index contributed by atoms with van der Waals surface area (Å²) in [5.74, 6) is -1.10. The smallest absolute Gasteiger partial charge is 0.326 e. The number of nitrogens with one attached hydrogen (secondary N) is 1. The number of hydrogen-bond acceptors (Lipinski definition) is 7. The summed E-state index contributed by atoms with van der Waals surface area (Å²) in [6, 6.07) is 0. The van der Waals surface area contributed by atoms with Gasteiger partial charge in [0.25, 0.3) is 11.5 Å². The summed E-state index contributed by atoms with van der Waals surface area (Å²) < 4.78 is 11.1. The van der Waals surface area contributed by atoms with E-state index in [2.05, 4.69) is 10.3 Å². The maximum Gasteiger partial charge on any atom is 0.326 e. The van der Waals surface area contributed by atoms with Crippen molar-refractivity contribution in [1.29, 1.82) is 0 Å². The Balaban J connectivity index is 2.04. The highest BCUT2D eigenvalue weighted by molar-refractivity contribution is 7.18. The van der Waals surface area contributed by atoms with E-state index >= 15 is 0 Å². The van der Waals surface area contributed by atoms with Gasteiger partial charge in [-0.15, -0.1) is 11.3 Å². The van der Waals surface area contributed by atoms with Crippen molar-refractivity contribution < 1.29 is 19.1 Å². The lowest BCUT2D eigenvalue weighted by Gasteiger charge is -2.13. The van der Waals surface area contributed by atoms with Crippen LogP contribution in [0, 0.1) is 13.8 Å². The number of aromatic nitrogens is 2. The quantitative estimate of drug-likeness (QED) is 0.573. The number of carbonyl (C=O) groups excluding carboxylic acids is 2. The maximum atomic E-state index is 12.5. The normalized spacial score (nSPS) is 12.2. The van der Waals surface area contributed by atoms with Gasteiger partial charge in [0.2, 0.25) is 0 Å². The van der Waals surface area contributed by atoms with Crippen LogP contribution in [0.2, 0.25) is 0 Å². The number of methoxy groups -OCH3 is 1. The highest BCUT2D eigenvalue weighted by atomic mass is 32.1. The van der Waals surface area contributed by atoms with E-state index in [1.807, 2.05) is 13.8 Å². The lowest BCUT2D eigenvalue weighted by atomic mass is 10.2. The van der Waals surface area contributed by atoms with Crippen molar-refractivity contribution in [2.75, 3.05) is 20.3 Å². The molecule has 1 amide bonds. The predicted molar refractivity (Wildman–Crippen MR) is 93.8 cm³/mol. The van der Waals surface area contributed by atoms with Crippen LogP contribution in [-0.2, 0) is 25.6 Å². The van der Waals surface area contributed by atoms with Gasteiger partial charge >= 0.3 is 5.97 Å². The number of aryl methyl sites for hydroxylation is 2. The molecule has 9 heteroatoms. The van der Waals surface area contributed by atoms with Gasteiger partial charge in [-0.2, -0.15) is 0 Å². The highest BCUT2D eigenvalue weighted by Crippen LogP contribution is 2.25. The van der Waals surface area contributed by atoms with Gasteiger partial charge in [0, 0.05) is 18.5 Å². The molecular weight excluding hydrogens is 346 g/mol. The number of fused-ring (bicyclic) bond motifs is 1. The van der Waals surface area contributed by atoms with E-state index in [9.17, 15) is 14.4 Å². The van der Waals surface area contributed by atoms with Gasteiger partial charge in [-0.05, 0) is 26.3 Å². The Hall–Kier alpha value is -2.26. The summed E-state index contributed by atoms with van der Waals surface area (Å²) in [7, 11) is 1.52. The molecule has 0 saturated heterocycles. The van der Waals surface area contributed by atoms with E-state index in [1.54, 1.807) is 0 Å². The zero-order valence-electron chi connectivity index (χ0n) is 14.6. The van der Waals surface area contributed by atoms with Crippen molar-refractivity contribution >= 4 is 33.4 Å². The molecule has 2 rings (SSSR count). The lowest BCUT2D eigenvalue weighted by Crippen LogP contribution is -2.38. The van der Waals surface area contributed by atoms with Crippen molar-refractivity contribution in [3.05, 3.63) is 27.1 Å². The minimum Gasteiger partial charge on any atom is -0.451 e. The number of esters is 1. The number of thiophene rings is 1. The summed E-state index contributed by atoms with van der Waals surface area (Å²) in [4.78, 5) is 42.2. The molecule has 2 aromatic heterocycles. The predicted octanol–water partition coefficient (Wildman–Crippen LogP) is 0.769. The van der Waals surface area contributed by atoms with E-state index in [1.165, 1.54) is 36.3 Å². The first-order chi connectivity index (χ1) is 11.8. The molecule has 2 heterocycles. The highest BCUT2D eigenvalue weighted by Gasteiger charge is 2.19. The Labute approximate surface area is 148 Å². The number of nitrogens with zero attached hydrogens (tertiary/aromatic N) is 2. The van der Waals surface area contributed by atoms with Gasteiger partial charge in [0.15, 0.2) is 6.10 Å². The summed E-state index contributed by atoms with van der Waals surface area (Å²) >= 11 is 1.44. The largest absolute Gasteiger partial charge is 0.451 e. The third kappa shape index (κ3) is 4.43. The van der Waals surface area contributed by atoms with Gasteiger partial charge in [-0.3, -0.25) is 19.0 Å². The van der Waals surface area contributed by atoms with Crippen LogP contribution in [0.3, 0.4) is 0 Å². The molecule has 0 aliphatic carbocycles. The Morgan fingerprint density at radius 2 is 2.12 bits per heavy atom. The zero-order chi connectivity index (χ0) is 18.6. The summed E-state index contributed by atoms with van der Waals surface area (Å²) in [6.45, 7) is 5.64. The van der Waals surface area contributed by atoms with Crippen LogP contribution < -0.4 is 10.9 Å². The number of rotatable bonds is 7. The molecule has 2 aromatic rings. The fourth-order valence-electron chi connectivity index (χ4n) is 2.23. The molecule has 0 unspecified atom stereocenters. The number of ether oxygens (including phenoxy) is 2. The third-order valence-electron chi connectivity index (χ3n) is 3.74. The van der Waals surface area contributed by atoms with Crippen LogP contribution in [0.25, 0.3) is 10.2 Å². The van der Waals surface area contributed by atoms with Crippen molar-refractivity contribution in [2.24, 2.45) is 0 Å². The fourth-order valence-corrected chi connectivity index (χ4v) is 3.22. The molecule has 8 nitrogen and oxygen atoms in total. The van der Waals surface area contributed by atoms with Crippen LogP contribution in [0.1, 0.15) is 17.4 Å². The third-order valence-corrected chi connectivity index (χ3v) is 4.85. The number of amides is 1. The molecule has 0 saturated carbocycles. The van der Waals surface area contributed by atoms with Crippen LogP contribution in [-0.4, -0.2) is 47.8 Å². The van der Waals surface area contributed by atoms with Gasteiger partial charge in [0.05, 0.1) is 18.3 Å². The standard InChI is InChI=1S/C16H21N3O5S/c1-9-11(3)25-15-13(9)16(22)19(8-18-15)7-12(20)24-10(2)14(21)17-5-6-23-4/h8,10H,5-7H2,1-4H3,(H,17,21)/t10-/m0/s1. The maximum absolute atomic E-state index is 12.5. The summed E-state index contributed by atoms with van der Waals surface area (Å²) in [5.41, 5.74) is 0.576. The molecule has 0 fully saturated rings. The Bertz CT molecular complexity index is 842. The van der Waals surface area contributed by atoms with Crippen molar-refractivity contribution in [3.63, 3.8) is 0 Å². The second-order valence-corrected chi connectivity index (χ2v) is 6.76. The average Bonchev–Trinajstić information content (AvgIpc) is 2.85. The van der Waals surface area contributed by atoms with Gasteiger partial charge in [0.1, 0.15) is 11.4 Å². The van der Waals surface area contributed by atoms with Crippen molar-refractivity contribution in [3.8, 4) is 0 Å². The second-order valence-electron chi connectivity index (χ2n) is 5.56. The molecule has 0 aliphatic heterocycles. The van der Waals surface area contributed by atoms with E-state index in [4.69, 9.17) is 9.47 Å². The minimum absolute atomic E-state index is 0.291. The van der Waals surface area contributed by atoms with Crippen LogP contribution >= 0.6 is 11.3 Å². The van der Waals surface area contributed by atoms with Crippen LogP contribution in [0.5, 0.6) is 0 Å². The van der Waals surface area contributed by atoms with E-state index in [0.717, 1.165) is 10.4 Å². The monoisotopic (exact) mass is 367 g/mol. The fraction of sp³-hybridized carbons (Fsp3) is 0.500. The zero-order valence-corrected chi connectivity index (χ0v) is 15.4. The number of hydrogen-bond donors (Lipinski definition) is 1. The topological polar surface area (TPSA) is 99.5 Å². The molecule has 0 aromatic carbocycles. The molecule has 0 aliphatic rings. The second kappa shape index (κ2) is 8.21. The first-order valence-electron chi connectivity index (χ1n) is 7.76. The Morgan fingerprint density at radius 3 is 2.80 bits per heavy atom. The van der Waals surface area contributed by atoms with Crippen LogP contribution in [0.15, 0.2) is 11.1 Å². The van der Waals surface area contributed by atoms with E-state index in [-0.39, 0.29) is 12.1 Å². The van der Waals surface area contributed by atoms with Crippen LogP contribution in [0.4, 0.5) is 0 Å². The Kier molecular flexibility index (Phi) is 6.27. The Morgan fingerprint density at radius 1 is 1.40 bits per heavy atom. The number of carbonyl (C=O) groups is 2. The lowest BCUT2D eigenvalue weighted by molar-refractivity contribution is -0.155. The molecular formula is C16H21N3O5S. The van der Waals surface area contributed by atoms with E-state index < -0.39 is 18.0 Å². The van der Waals surface area contributed by atoms with Gasteiger partial charge < -0.3 is 14.8 Å². The molecule has 1 atom stereocenters. The average molecular weight is 367 g/mol. The first kappa shape index (κ1) is 19.1. The van der Waals surface area contributed by atoms with Gasteiger partial charge in [-0.25, -0.2) is 4.98 Å².